The first-order valence-electron chi connectivity index (χ1n) is 13.2. The first-order chi connectivity index (χ1) is 17.3. The van der Waals surface area contributed by atoms with Crippen LogP contribution in [0.15, 0.2) is 29.6 Å². The molecule has 0 bridgehead atoms. The van der Waals surface area contributed by atoms with Gasteiger partial charge in [0.1, 0.15) is 24.8 Å². The Balaban J connectivity index is 1.27. The van der Waals surface area contributed by atoms with Crippen molar-refractivity contribution in [1.29, 1.82) is 5.26 Å². The van der Waals surface area contributed by atoms with Gasteiger partial charge in [0.15, 0.2) is 0 Å². The molecule has 0 saturated carbocycles. The van der Waals surface area contributed by atoms with E-state index in [4.69, 9.17) is 14.8 Å². The van der Waals surface area contributed by atoms with E-state index < -0.39 is 8.07 Å². The molecule has 2 unspecified atom stereocenters. The van der Waals surface area contributed by atoms with Gasteiger partial charge in [-0.1, -0.05) is 19.6 Å². The summed E-state index contributed by atoms with van der Waals surface area (Å²) in [7, 11) is -1.11. The number of nitrogens with one attached hydrogen (secondary N) is 2. The van der Waals surface area contributed by atoms with Crippen molar-refractivity contribution in [1.82, 2.24) is 25.0 Å². The van der Waals surface area contributed by atoms with Gasteiger partial charge in [-0.25, -0.2) is 0 Å². The van der Waals surface area contributed by atoms with Gasteiger partial charge >= 0.3 is 0 Å². The highest BCUT2D eigenvalue weighted by Gasteiger charge is 2.48. The monoisotopic (exact) mass is 508 g/mol. The van der Waals surface area contributed by atoms with Gasteiger partial charge in [-0.05, 0) is 38.4 Å². The molecule has 0 radical (unpaired) electrons. The fraction of sp³-hybridized carbons (Fsp3) is 0.654. The van der Waals surface area contributed by atoms with Gasteiger partial charge in [0.05, 0.1) is 24.4 Å². The normalized spacial score (nSPS) is 24.1. The first-order valence-corrected chi connectivity index (χ1v) is 16.9. The molecular weight excluding hydrogens is 468 g/mol. The molecule has 36 heavy (non-hydrogen) atoms. The van der Waals surface area contributed by atoms with Crippen LogP contribution in [-0.4, -0.2) is 85.2 Å². The van der Waals surface area contributed by atoms with Crippen LogP contribution >= 0.6 is 0 Å². The third-order valence-corrected chi connectivity index (χ3v) is 9.50. The van der Waals surface area contributed by atoms with Gasteiger partial charge in [-0.2, -0.15) is 10.4 Å². The fourth-order valence-corrected chi connectivity index (χ4v) is 6.38. The van der Waals surface area contributed by atoms with Crippen molar-refractivity contribution < 1.29 is 4.74 Å². The fourth-order valence-electron chi connectivity index (χ4n) is 5.63. The van der Waals surface area contributed by atoms with E-state index in [0.29, 0.717) is 31.9 Å². The van der Waals surface area contributed by atoms with Crippen molar-refractivity contribution in [2.24, 2.45) is 4.99 Å². The van der Waals surface area contributed by atoms with Crippen LogP contribution in [0.1, 0.15) is 37.3 Å². The largest absolute Gasteiger partial charge is 0.361 e. The quantitative estimate of drug-likeness (QED) is 0.399. The molecule has 2 atom stereocenters. The number of fused-ring (bicyclic) bond motifs is 1. The second-order valence-electron chi connectivity index (χ2n) is 11.9. The highest BCUT2D eigenvalue weighted by atomic mass is 28.3. The van der Waals surface area contributed by atoms with E-state index in [2.05, 4.69) is 65.0 Å². The number of rotatable bonds is 9. The molecule has 2 aromatic rings. The maximum atomic E-state index is 9.62. The number of aromatic nitrogens is 3. The Labute approximate surface area is 215 Å². The Bertz CT molecular complexity index is 1120. The van der Waals surface area contributed by atoms with Gasteiger partial charge in [0.25, 0.3) is 0 Å². The summed E-state index contributed by atoms with van der Waals surface area (Å²) in [5.41, 5.74) is 2.77. The standard InChI is InChI=1S/C26H40N8OSi/c1-20-13-22(5-9-28-20)32-16-26(17-32,7-8-27)34-15-21(14-31-34)24-23-6-10-29-25(23)33(18-30-24)19-35-11-12-36(2,3)4/h6,10,14-15,20,22,28-29H,5,7,9,11-13,16-19H2,1-4H3. The van der Waals surface area contributed by atoms with Crippen molar-refractivity contribution in [3.8, 4) is 6.07 Å². The molecule has 5 heterocycles. The van der Waals surface area contributed by atoms with Gasteiger partial charge in [-0.15, -0.1) is 0 Å². The number of H-pyrrole nitrogens is 1. The lowest BCUT2D eigenvalue weighted by Crippen LogP contribution is -2.66. The molecule has 10 heteroatoms. The molecule has 0 aromatic carbocycles. The maximum absolute atomic E-state index is 9.62. The summed E-state index contributed by atoms with van der Waals surface area (Å²) >= 11 is 0. The smallest absolute Gasteiger partial charge is 0.121 e. The van der Waals surface area contributed by atoms with Crippen LogP contribution in [0.5, 0.6) is 0 Å². The van der Waals surface area contributed by atoms with Crippen LogP contribution in [0.3, 0.4) is 0 Å². The average molecular weight is 509 g/mol. The van der Waals surface area contributed by atoms with Crippen molar-refractivity contribution in [3.63, 3.8) is 0 Å². The third kappa shape index (κ3) is 5.16. The second-order valence-corrected chi connectivity index (χ2v) is 17.6. The molecule has 2 fully saturated rings. The van der Waals surface area contributed by atoms with Gasteiger partial charge in [-0.3, -0.25) is 14.6 Å². The Morgan fingerprint density at radius 1 is 1.31 bits per heavy atom. The zero-order valence-electron chi connectivity index (χ0n) is 22.1. The van der Waals surface area contributed by atoms with Crippen molar-refractivity contribution in [2.45, 2.75) is 69.5 Å². The van der Waals surface area contributed by atoms with Crippen LogP contribution in [0, 0.1) is 11.3 Å². The van der Waals surface area contributed by atoms with Crippen LogP contribution in [0.25, 0.3) is 0 Å². The number of hydrogen-bond donors (Lipinski definition) is 2. The molecule has 2 saturated heterocycles. The van der Waals surface area contributed by atoms with Crippen molar-refractivity contribution in [3.05, 3.63) is 35.8 Å². The first kappa shape index (κ1) is 25.2. The molecule has 0 aliphatic carbocycles. The number of likely N-dealkylation sites (tertiary alicyclic amines) is 1. The zero-order valence-corrected chi connectivity index (χ0v) is 23.1. The Morgan fingerprint density at radius 2 is 2.14 bits per heavy atom. The van der Waals surface area contributed by atoms with E-state index in [1.807, 2.05) is 17.1 Å². The van der Waals surface area contributed by atoms with Gasteiger partial charge in [0, 0.05) is 63.4 Å². The molecule has 3 aliphatic rings. The predicted octanol–water partition coefficient (Wildman–Crippen LogP) is 3.20. The lowest BCUT2D eigenvalue weighted by molar-refractivity contribution is -0.0374. The topological polar surface area (TPSA) is 97.5 Å². The Kier molecular flexibility index (Phi) is 7.09. The summed E-state index contributed by atoms with van der Waals surface area (Å²) in [4.78, 5) is 13.0. The van der Waals surface area contributed by atoms with Crippen molar-refractivity contribution >= 4 is 19.6 Å². The number of hydrogen-bond acceptors (Lipinski definition) is 7. The summed E-state index contributed by atoms with van der Waals surface area (Å²) < 4.78 is 8.03. The number of aromatic amines is 1. The molecule has 194 valence electrons. The zero-order chi connectivity index (χ0) is 25.3. The summed E-state index contributed by atoms with van der Waals surface area (Å²) in [5, 5.41) is 17.9. The number of aliphatic imine (C=N–C) groups is 1. The number of nitrogens with zero attached hydrogens (tertiary/aromatic N) is 6. The van der Waals surface area contributed by atoms with Crippen LogP contribution < -0.4 is 10.2 Å². The SMILES string of the molecule is CC1CC(N2CC(CC#N)(n3cc(C4=NCN(COCC[Si](C)(C)C)c5[nH]ccc54)cn3)C2)CCN1. The summed E-state index contributed by atoms with van der Waals surface area (Å²) in [6.07, 6.45) is 8.77. The van der Waals surface area contributed by atoms with Crippen LogP contribution in [0.4, 0.5) is 5.82 Å². The highest BCUT2D eigenvalue weighted by Crippen LogP contribution is 2.36. The van der Waals surface area contributed by atoms with E-state index in [9.17, 15) is 5.26 Å². The number of ether oxygens (including phenoxy) is 1. The van der Waals surface area contributed by atoms with E-state index >= 15 is 0 Å². The summed E-state index contributed by atoms with van der Waals surface area (Å²) in [5.74, 6) is 1.04. The summed E-state index contributed by atoms with van der Waals surface area (Å²) in [6.45, 7) is 14.1. The van der Waals surface area contributed by atoms with Crippen molar-refractivity contribution in [2.75, 3.05) is 44.5 Å². The lowest BCUT2D eigenvalue weighted by Gasteiger charge is -2.53. The van der Waals surface area contributed by atoms with Gasteiger partial charge in [0.2, 0.25) is 0 Å². The summed E-state index contributed by atoms with van der Waals surface area (Å²) in [6, 6.07) is 6.80. The van der Waals surface area contributed by atoms with E-state index in [1.165, 1.54) is 12.8 Å². The molecule has 0 spiro atoms. The molecule has 0 amide bonds. The molecule has 3 aliphatic heterocycles. The lowest BCUT2D eigenvalue weighted by atomic mass is 9.83. The Hall–Kier alpha value is -2.45. The van der Waals surface area contributed by atoms with E-state index in [-0.39, 0.29) is 5.54 Å². The minimum atomic E-state index is -1.11. The number of anilines is 1. The Morgan fingerprint density at radius 3 is 2.89 bits per heavy atom. The predicted molar refractivity (Wildman–Crippen MR) is 145 cm³/mol. The molecule has 9 nitrogen and oxygen atoms in total. The minimum Gasteiger partial charge on any atom is -0.361 e. The average Bonchev–Trinajstić information content (AvgIpc) is 3.49. The second kappa shape index (κ2) is 10.1. The van der Waals surface area contributed by atoms with Gasteiger partial charge < -0.3 is 19.9 Å². The molecule has 2 N–H and O–H groups in total. The minimum absolute atomic E-state index is 0.256. The van der Waals surface area contributed by atoms with E-state index in [0.717, 1.165) is 54.9 Å². The maximum Gasteiger partial charge on any atom is 0.121 e. The third-order valence-electron chi connectivity index (χ3n) is 7.80. The number of piperidine rings is 1. The van der Waals surface area contributed by atoms with E-state index in [1.54, 1.807) is 0 Å². The highest BCUT2D eigenvalue weighted by molar-refractivity contribution is 6.76. The molecule has 5 rings (SSSR count). The number of nitriles is 1. The van der Waals surface area contributed by atoms with Crippen LogP contribution in [0.2, 0.25) is 25.7 Å². The van der Waals surface area contributed by atoms with Crippen LogP contribution in [-0.2, 0) is 10.3 Å². The molecule has 2 aromatic heterocycles. The molecular formula is C26H40N8OSi.